The molecule has 0 N–H and O–H groups in total. The van der Waals surface area contributed by atoms with E-state index in [2.05, 4.69) is 99.4 Å². The average molecular weight is 721 g/mol. The number of allylic oxidation sites excluding steroid dienone is 2. The normalized spacial score (nSPS) is 24.2. The molecule has 8 heteroatoms. The molecule has 3 aromatic rings. The van der Waals surface area contributed by atoms with Gasteiger partial charge in [0.1, 0.15) is 6.04 Å². The quantitative estimate of drug-likeness (QED) is 0.230. The lowest BCUT2D eigenvalue weighted by Crippen LogP contribution is -2.54. The highest BCUT2D eigenvalue weighted by Crippen LogP contribution is 2.36. The van der Waals surface area contributed by atoms with E-state index in [4.69, 9.17) is 9.98 Å². The van der Waals surface area contributed by atoms with Gasteiger partial charge in [-0.1, -0.05) is 85.3 Å². The van der Waals surface area contributed by atoms with Gasteiger partial charge in [0.15, 0.2) is 0 Å². The van der Waals surface area contributed by atoms with Gasteiger partial charge in [-0.15, -0.1) is 0 Å². The van der Waals surface area contributed by atoms with E-state index in [0.717, 1.165) is 108 Å². The Kier molecular flexibility index (Phi) is 9.89. The molecule has 3 aromatic carbocycles. The molecule has 8 nitrogen and oxygen atoms in total. The largest absolute Gasteiger partial charge is 0.334 e. The summed E-state index contributed by atoms with van der Waals surface area (Å²) in [5.41, 5.74) is 10.5. The van der Waals surface area contributed by atoms with E-state index in [-0.39, 0.29) is 30.0 Å². The van der Waals surface area contributed by atoms with Crippen molar-refractivity contribution < 1.29 is 9.59 Å². The van der Waals surface area contributed by atoms with Crippen molar-refractivity contribution in [1.82, 2.24) is 19.6 Å². The highest BCUT2D eigenvalue weighted by molar-refractivity contribution is 6.04. The predicted molar refractivity (Wildman–Crippen MR) is 217 cm³/mol. The minimum absolute atomic E-state index is 0.0608. The SMILES string of the molecule is CN1CC(C(=O)N2CCC[C@H]2C2=NC=C(c3ccc(-c4ccc(C5=CN=C([C@@H]6CCCN6C(=O)[C@@H](c6ccccc6)N6CCCCC6)C5)cc4)cc3)C2)C1. The molecule has 0 unspecified atom stereocenters. The fraction of sp³-hybridized carbons (Fsp3) is 0.435. The van der Waals surface area contributed by atoms with E-state index < -0.39 is 0 Å². The lowest BCUT2D eigenvalue weighted by atomic mass is 9.94. The molecule has 9 rings (SSSR count). The van der Waals surface area contributed by atoms with E-state index in [1.54, 1.807) is 0 Å². The standard InChI is InChI=1S/C46H52N6O2/c1-49-30-39(31-49)45(53)51-24-8-12-42(51)40-26-37(28-47-40)34-18-14-32(15-19-34)33-16-20-35(21-17-33)38-27-41(48-29-38)43-13-9-25-52(43)46(54)44(36-10-4-2-5-11-36)50-22-6-3-7-23-50/h2,4-5,10-11,14-21,28-29,39,42-44H,3,6-9,12-13,22-27,30-31H2,1H3/t42-,43-,44+/m0/s1. The third-order valence-corrected chi connectivity index (χ3v) is 12.7. The van der Waals surface area contributed by atoms with Crippen LogP contribution in [0.25, 0.3) is 22.3 Å². The average Bonchev–Trinajstić information content (AvgIpc) is 4.04. The fourth-order valence-corrected chi connectivity index (χ4v) is 9.73. The summed E-state index contributed by atoms with van der Waals surface area (Å²) in [5.74, 6) is 0.695. The van der Waals surface area contributed by atoms with Crippen molar-refractivity contribution in [2.24, 2.45) is 15.9 Å². The van der Waals surface area contributed by atoms with Crippen LogP contribution in [0.2, 0.25) is 0 Å². The third-order valence-electron chi connectivity index (χ3n) is 12.7. The van der Waals surface area contributed by atoms with Crippen LogP contribution in [0.1, 0.15) is 80.5 Å². The highest BCUT2D eigenvalue weighted by atomic mass is 16.2. The monoisotopic (exact) mass is 720 g/mol. The third kappa shape index (κ3) is 6.90. The van der Waals surface area contributed by atoms with Gasteiger partial charge >= 0.3 is 0 Å². The predicted octanol–water partition coefficient (Wildman–Crippen LogP) is 7.50. The molecule has 2 amide bonds. The van der Waals surface area contributed by atoms with Gasteiger partial charge in [0.2, 0.25) is 11.8 Å². The second-order valence-electron chi connectivity index (χ2n) is 16.3. The molecule has 4 fully saturated rings. The van der Waals surface area contributed by atoms with E-state index in [1.807, 2.05) is 18.5 Å². The van der Waals surface area contributed by atoms with Gasteiger partial charge in [-0.05, 0) is 97.6 Å². The van der Waals surface area contributed by atoms with Crippen molar-refractivity contribution in [1.29, 1.82) is 0 Å². The van der Waals surface area contributed by atoms with Crippen molar-refractivity contribution in [3.63, 3.8) is 0 Å². The summed E-state index contributed by atoms with van der Waals surface area (Å²) in [6.45, 7) is 5.36. The Morgan fingerprint density at radius 2 is 1.13 bits per heavy atom. The van der Waals surface area contributed by atoms with Gasteiger partial charge in [0.25, 0.3) is 0 Å². The van der Waals surface area contributed by atoms with Crippen LogP contribution in [0.4, 0.5) is 0 Å². The Morgan fingerprint density at radius 3 is 1.69 bits per heavy atom. The number of likely N-dealkylation sites (tertiary alicyclic amines) is 4. The Morgan fingerprint density at radius 1 is 0.611 bits per heavy atom. The summed E-state index contributed by atoms with van der Waals surface area (Å²) >= 11 is 0. The Hall–Kier alpha value is -4.66. The van der Waals surface area contributed by atoms with Gasteiger partial charge in [-0.2, -0.15) is 0 Å². The number of carbonyl (C=O) groups is 2. The first kappa shape index (κ1) is 35.1. The lowest BCUT2D eigenvalue weighted by molar-refractivity contribution is -0.140. The Balaban J connectivity index is 0.812. The second kappa shape index (κ2) is 15.2. The summed E-state index contributed by atoms with van der Waals surface area (Å²) in [4.78, 5) is 46.2. The highest BCUT2D eigenvalue weighted by Gasteiger charge is 2.41. The molecule has 4 saturated heterocycles. The topological polar surface area (TPSA) is 71.8 Å². The second-order valence-corrected chi connectivity index (χ2v) is 16.3. The van der Waals surface area contributed by atoms with Gasteiger partial charge in [0, 0.05) is 62.8 Å². The summed E-state index contributed by atoms with van der Waals surface area (Å²) in [6, 6.07) is 28.0. The van der Waals surface area contributed by atoms with Gasteiger partial charge in [0.05, 0.1) is 18.0 Å². The van der Waals surface area contributed by atoms with Crippen LogP contribution >= 0.6 is 0 Å². The number of rotatable bonds is 9. The molecule has 0 saturated carbocycles. The Bertz CT molecular complexity index is 1990. The maximum Gasteiger partial charge on any atom is 0.245 e. The first-order valence-corrected chi connectivity index (χ1v) is 20.3. The number of aliphatic imine (C=N–C) groups is 2. The first-order valence-electron chi connectivity index (χ1n) is 20.3. The summed E-state index contributed by atoms with van der Waals surface area (Å²) in [6.07, 6.45) is 13.3. The van der Waals surface area contributed by atoms with Crippen molar-refractivity contribution in [2.75, 3.05) is 46.3 Å². The van der Waals surface area contributed by atoms with E-state index in [1.165, 1.54) is 39.8 Å². The van der Waals surface area contributed by atoms with Gasteiger partial charge < -0.3 is 14.7 Å². The van der Waals surface area contributed by atoms with Crippen molar-refractivity contribution in [2.45, 2.75) is 75.9 Å². The Labute approximate surface area is 320 Å². The van der Waals surface area contributed by atoms with Crippen LogP contribution < -0.4 is 0 Å². The molecule has 3 atom stereocenters. The maximum atomic E-state index is 14.4. The van der Waals surface area contributed by atoms with Crippen LogP contribution in [0.3, 0.4) is 0 Å². The molecule has 0 spiro atoms. The van der Waals surface area contributed by atoms with Crippen LogP contribution in [0.15, 0.2) is 101 Å². The van der Waals surface area contributed by atoms with Crippen LogP contribution in [0, 0.1) is 5.92 Å². The number of carbonyl (C=O) groups excluding carboxylic acids is 2. The zero-order valence-corrected chi connectivity index (χ0v) is 31.6. The van der Waals surface area contributed by atoms with Crippen LogP contribution in [-0.2, 0) is 9.59 Å². The molecule has 6 aliphatic heterocycles. The van der Waals surface area contributed by atoms with E-state index >= 15 is 0 Å². The molecule has 6 aliphatic rings. The summed E-state index contributed by atoms with van der Waals surface area (Å²) < 4.78 is 0. The molecular weight excluding hydrogens is 669 g/mol. The number of piperidine rings is 1. The fourth-order valence-electron chi connectivity index (χ4n) is 9.73. The van der Waals surface area contributed by atoms with Crippen molar-refractivity contribution in [3.05, 3.63) is 108 Å². The lowest BCUT2D eigenvalue weighted by Gasteiger charge is -2.38. The molecule has 54 heavy (non-hydrogen) atoms. The van der Waals surface area contributed by atoms with Crippen LogP contribution in [-0.4, -0.2) is 101 Å². The van der Waals surface area contributed by atoms with E-state index in [0.29, 0.717) is 5.91 Å². The minimum Gasteiger partial charge on any atom is -0.334 e. The zero-order valence-electron chi connectivity index (χ0n) is 31.6. The number of amides is 2. The smallest absolute Gasteiger partial charge is 0.245 e. The summed E-state index contributed by atoms with van der Waals surface area (Å²) in [7, 11) is 2.08. The molecule has 278 valence electrons. The van der Waals surface area contributed by atoms with Gasteiger partial charge in [-0.25, -0.2) is 0 Å². The van der Waals surface area contributed by atoms with Gasteiger partial charge in [-0.3, -0.25) is 24.5 Å². The van der Waals surface area contributed by atoms with Crippen LogP contribution in [0.5, 0.6) is 0 Å². The minimum atomic E-state index is -0.220. The number of hydrogen-bond acceptors (Lipinski definition) is 6. The maximum absolute atomic E-state index is 14.4. The van der Waals surface area contributed by atoms with Crippen molar-refractivity contribution >= 4 is 34.4 Å². The molecule has 6 heterocycles. The number of hydrogen-bond donors (Lipinski definition) is 0. The summed E-state index contributed by atoms with van der Waals surface area (Å²) in [5, 5.41) is 0. The van der Waals surface area contributed by atoms with Crippen molar-refractivity contribution in [3.8, 4) is 11.1 Å². The molecule has 0 aliphatic carbocycles. The molecular formula is C46H52N6O2. The molecule has 0 radical (unpaired) electrons. The molecule has 0 bridgehead atoms. The number of benzene rings is 3. The first-order chi connectivity index (χ1) is 26.5. The van der Waals surface area contributed by atoms with E-state index in [9.17, 15) is 9.59 Å². The zero-order chi connectivity index (χ0) is 36.6. The number of nitrogens with zero attached hydrogens (tertiary/aromatic N) is 6. The molecule has 0 aromatic heterocycles.